The predicted octanol–water partition coefficient (Wildman–Crippen LogP) is 4.84. The van der Waals surface area contributed by atoms with Gasteiger partial charge in [-0.1, -0.05) is 24.3 Å². The van der Waals surface area contributed by atoms with E-state index >= 15 is 0 Å². The van der Waals surface area contributed by atoms with Crippen LogP contribution in [-0.2, 0) is 7.05 Å². The van der Waals surface area contributed by atoms with Gasteiger partial charge in [0.05, 0.1) is 17.2 Å². The molecule has 9 heteroatoms. The third-order valence-corrected chi connectivity index (χ3v) is 7.51. The van der Waals surface area contributed by atoms with Gasteiger partial charge in [0, 0.05) is 32.1 Å². The quantitative estimate of drug-likeness (QED) is 0.359. The van der Waals surface area contributed by atoms with Crippen LogP contribution in [0.25, 0.3) is 11.0 Å². The molecule has 1 aliphatic heterocycles. The van der Waals surface area contributed by atoms with Crippen LogP contribution in [0.1, 0.15) is 29.5 Å². The van der Waals surface area contributed by atoms with Crippen LogP contribution in [0.4, 0.5) is 14.5 Å². The topological polar surface area (TPSA) is 74.0 Å². The van der Waals surface area contributed by atoms with E-state index in [1.54, 1.807) is 43.4 Å². The summed E-state index contributed by atoms with van der Waals surface area (Å²) in [5, 5.41) is 13.7. The summed E-state index contributed by atoms with van der Waals surface area (Å²) in [7, 11) is 1.63. The maximum Gasteiger partial charge on any atom is 0.270 e. The number of anilines is 1. The van der Waals surface area contributed by atoms with Crippen LogP contribution in [0.5, 0.6) is 0 Å². The maximum absolute atomic E-state index is 13.9. The van der Waals surface area contributed by atoms with Crippen molar-refractivity contribution in [2.45, 2.75) is 24.9 Å². The Balaban J connectivity index is 1.80. The van der Waals surface area contributed by atoms with Crippen molar-refractivity contribution in [2.75, 3.05) is 18.0 Å². The molecule has 0 saturated carbocycles. The highest BCUT2D eigenvalue weighted by Gasteiger charge is 2.39. The monoisotopic (exact) mass is 563 g/mol. The maximum atomic E-state index is 13.9. The standard InChI is InChI=1S/C28H24BrF2N5O/c1-16-26(24(17-3-7-19(30)8-4-17)18-5-9-20(31)10-6-18)36(14-13-33-16)27-21(15-32)28(37)35(2)22-11-12-23(29)34-25(22)27/h3-12,16,24,26,33H,13-14H2,1-2H3. The number of benzene rings is 2. The summed E-state index contributed by atoms with van der Waals surface area (Å²) in [5.74, 6) is -1.04. The van der Waals surface area contributed by atoms with Gasteiger partial charge < -0.3 is 14.8 Å². The minimum atomic E-state index is -0.404. The Hall–Kier alpha value is -3.61. The molecule has 1 fully saturated rings. The largest absolute Gasteiger partial charge is 0.362 e. The Morgan fingerprint density at radius 3 is 2.22 bits per heavy atom. The van der Waals surface area contributed by atoms with Crippen LogP contribution < -0.4 is 15.8 Å². The molecule has 37 heavy (non-hydrogen) atoms. The number of nitriles is 1. The Kier molecular flexibility index (Phi) is 6.80. The molecule has 0 bridgehead atoms. The van der Waals surface area contributed by atoms with E-state index < -0.39 is 5.56 Å². The first-order chi connectivity index (χ1) is 17.8. The van der Waals surface area contributed by atoms with Crippen LogP contribution in [0.2, 0.25) is 0 Å². The Bertz CT molecular complexity index is 1520. The highest BCUT2D eigenvalue weighted by molar-refractivity contribution is 9.10. The third-order valence-electron chi connectivity index (χ3n) is 7.07. The average Bonchev–Trinajstić information content (AvgIpc) is 2.89. The minimum absolute atomic E-state index is 0.0108. The van der Waals surface area contributed by atoms with Crippen molar-refractivity contribution in [3.05, 3.63) is 104 Å². The van der Waals surface area contributed by atoms with Gasteiger partial charge in [0.2, 0.25) is 0 Å². The zero-order valence-electron chi connectivity index (χ0n) is 20.3. The predicted molar refractivity (Wildman–Crippen MR) is 143 cm³/mol. The van der Waals surface area contributed by atoms with Gasteiger partial charge >= 0.3 is 0 Å². The third kappa shape index (κ3) is 4.52. The van der Waals surface area contributed by atoms with Crippen molar-refractivity contribution in [1.82, 2.24) is 14.9 Å². The van der Waals surface area contributed by atoms with Gasteiger partial charge in [0.1, 0.15) is 33.4 Å². The van der Waals surface area contributed by atoms with Gasteiger partial charge in [-0.05, 0) is 70.4 Å². The first-order valence-corrected chi connectivity index (χ1v) is 12.7. The molecule has 6 nitrogen and oxygen atoms in total. The molecule has 0 radical (unpaired) electrons. The number of aryl methyl sites for hydroxylation is 1. The van der Waals surface area contributed by atoms with Crippen molar-refractivity contribution in [1.29, 1.82) is 5.26 Å². The fourth-order valence-electron chi connectivity index (χ4n) is 5.36. The normalized spacial score (nSPS) is 17.8. The molecule has 1 aliphatic rings. The fourth-order valence-corrected chi connectivity index (χ4v) is 5.67. The number of piperazine rings is 1. The van der Waals surface area contributed by atoms with Crippen LogP contribution >= 0.6 is 15.9 Å². The number of nitrogens with one attached hydrogen (secondary N) is 1. The van der Waals surface area contributed by atoms with Gasteiger partial charge in [-0.15, -0.1) is 0 Å². The van der Waals surface area contributed by atoms with Crippen molar-refractivity contribution < 1.29 is 8.78 Å². The molecule has 188 valence electrons. The molecule has 5 rings (SSSR count). The smallest absolute Gasteiger partial charge is 0.270 e. The van der Waals surface area contributed by atoms with E-state index in [0.29, 0.717) is 34.4 Å². The fraction of sp³-hybridized carbons (Fsp3) is 0.250. The van der Waals surface area contributed by atoms with E-state index in [1.807, 2.05) is 6.92 Å². The highest BCUT2D eigenvalue weighted by atomic mass is 79.9. The number of halogens is 3. The summed E-state index contributed by atoms with van der Waals surface area (Å²) in [4.78, 5) is 20.1. The first-order valence-electron chi connectivity index (χ1n) is 11.9. The van der Waals surface area contributed by atoms with Gasteiger partial charge in [0.15, 0.2) is 0 Å². The average molecular weight is 564 g/mol. The lowest BCUT2D eigenvalue weighted by atomic mass is 9.80. The summed E-state index contributed by atoms with van der Waals surface area (Å²) in [6, 6.07) is 17.8. The van der Waals surface area contributed by atoms with Gasteiger partial charge in [-0.2, -0.15) is 5.26 Å². The van der Waals surface area contributed by atoms with E-state index in [-0.39, 0.29) is 35.2 Å². The summed E-state index contributed by atoms with van der Waals surface area (Å²) in [6.45, 7) is 3.15. The van der Waals surface area contributed by atoms with Crippen LogP contribution in [0.15, 0.2) is 70.1 Å². The SMILES string of the molecule is CC1NCCN(c2c(C#N)c(=O)n(C)c3ccc(Br)nc23)C1C(c1ccc(F)cc1)c1ccc(F)cc1. The number of rotatable bonds is 4. The summed E-state index contributed by atoms with van der Waals surface area (Å²) in [5.41, 5.74) is 2.88. The van der Waals surface area contributed by atoms with Crippen LogP contribution in [-0.4, -0.2) is 34.7 Å². The summed E-state index contributed by atoms with van der Waals surface area (Å²) < 4.78 is 29.8. The lowest BCUT2D eigenvalue weighted by Gasteiger charge is -2.46. The molecular formula is C28H24BrF2N5O. The zero-order chi connectivity index (χ0) is 26.3. The molecule has 4 aromatic rings. The Morgan fingerprint density at radius 2 is 1.65 bits per heavy atom. The molecule has 0 spiro atoms. The first kappa shape index (κ1) is 25.1. The second kappa shape index (κ2) is 10.0. The van der Waals surface area contributed by atoms with E-state index in [9.17, 15) is 18.8 Å². The molecule has 1 saturated heterocycles. The van der Waals surface area contributed by atoms with E-state index in [2.05, 4.69) is 32.2 Å². The van der Waals surface area contributed by atoms with Gasteiger partial charge in [0.25, 0.3) is 5.56 Å². The van der Waals surface area contributed by atoms with Crippen molar-refractivity contribution in [2.24, 2.45) is 7.05 Å². The van der Waals surface area contributed by atoms with Crippen molar-refractivity contribution >= 4 is 32.7 Å². The Morgan fingerprint density at radius 1 is 1.05 bits per heavy atom. The number of fused-ring (bicyclic) bond motifs is 1. The second-order valence-corrected chi connectivity index (χ2v) is 10.0. The number of pyridine rings is 2. The summed E-state index contributed by atoms with van der Waals surface area (Å²) in [6.07, 6.45) is 0. The van der Waals surface area contributed by atoms with E-state index in [1.165, 1.54) is 28.8 Å². The molecule has 0 amide bonds. The molecule has 2 atom stereocenters. The molecule has 1 N–H and O–H groups in total. The van der Waals surface area contributed by atoms with Gasteiger partial charge in [-0.3, -0.25) is 4.79 Å². The number of aromatic nitrogens is 2. The summed E-state index contributed by atoms with van der Waals surface area (Å²) >= 11 is 3.44. The number of hydrogen-bond donors (Lipinski definition) is 1. The number of hydrogen-bond acceptors (Lipinski definition) is 5. The Labute approximate surface area is 221 Å². The van der Waals surface area contributed by atoms with Crippen molar-refractivity contribution in [3.63, 3.8) is 0 Å². The van der Waals surface area contributed by atoms with Crippen LogP contribution in [0, 0.1) is 23.0 Å². The molecule has 3 heterocycles. The second-order valence-electron chi connectivity index (χ2n) is 9.21. The van der Waals surface area contributed by atoms with E-state index in [0.717, 1.165) is 11.1 Å². The molecule has 0 aliphatic carbocycles. The van der Waals surface area contributed by atoms with Crippen LogP contribution in [0.3, 0.4) is 0 Å². The molecular weight excluding hydrogens is 540 g/mol. The lowest BCUT2D eigenvalue weighted by Crippen LogP contribution is -2.60. The van der Waals surface area contributed by atoms with Gasteiger partial charge in [-0.25, -0.2) is 13.8 Å². The van der Waals surface area contributed by atoms with Crippen molar-refractivity contribution in [3.8, 4) is 6.07 Å². The lowest BCUT2D eigenvalue weighted by molar-refractivity contribution is 0.359. The zero-order valence-corrected chi connectivity index (χ0v) is 21.8. The molecule has 2 aromatic heterocycles. The van der Waals surface area contributed by atoms with E-state index in [4.69, 9.17) is 4.98 Å². The number of nitrogens with zero attached hydrogens (tertiary/aromatic N) is 4. The molecule has 2 aromatic carbocycles. The highest BCUT2D eigenvalue weighted by Crippen LogP contribution is 2.39. The minimum Gasteiger partial charge on any atom is -0.362 e. The molecule has 2 unspecified atom stereocenters.